The average Bonchev–Trinajstić information content (AvgIpc) is 2.25. The molecule has 0 amide bonds. The lowest BCUT2D eigenvalue weighted by atomic mass is 10.1. The van der Waals surface area contributed by atoms with E-state index < -0.39 is 11.6 Å². The maximum Gasteiger partial charge on any atom is 0.178 e. The summed E-state index contributed by atoms with van der Waals surface area (Å²) in [6.45, 7) is 3.76. The molecule has 16 heavy (non-hydrogen) atoms. The second-order valence-electron chi connectivity index (χ2n) is 3.50. The Balaban J connectivity index is 2.79. The van der Waals surface area contributed by atoms with Crippen LogP contribution < -0.4 is 0 Å². The van der Waals surface area contributed by atoms with Gasteiger partial charge in [0, 0.05) is 6.07 Å². The molecule has 0 aromatic heterocycles. The smallest absolute Gasteiger partial charge is 0.178 e. The van der Waals surface area contributed by atoms with Crippen LogP contribution in [0.4, 0.5) is 8.78 Å². The van der Waals surface area contributed by atoms with Gasteiger partial charge >= 0.3 is 0 Å². The van der Waals surface area contributed by atoms with Crippen LogP contribution in [0.2, 0.25) is 0 Å². The highest BCUT2D eigenvalue weighted by Crippen LogP contribution is 2.19. The Bertz CT molecular complexity index is 379. The molecule has 1 nitrogen and oxygen atoms in total. The van der Waals surface area contributed by atoms with Crippen molar-refractivity contribution in [3.05, 3.63) is 35.4 Å². The maximum absolute atomic E-state index is 13.3. The predicted molar refractivity (Wildman–Crippen MR) is 62.9 cm³/mol. The molecule has 1 unspecified atom stereocenters. The van der Waals surface area contributed by atoms with Crippen LogP contribution in [0.1, 0.15) is 30.6 Å². The molecule has 1 aromatic carbocycles. The van der Waals surface area contributed by atoms with Crippen molar-refractivity contribution in [2.45, 2.75) is 25.5 Å². The van der Waals surface area contributed by atoms with E-state index in [0.717, 1.165) is 24.3 Å². The SMILES string of the molecule is CCCSC(C)C(=O)c1ccc(F)cc1F. The Labute approximate surface area is 98.2 Å². The summed E-state index contributed by atoms with van der Waals surface area (Å²) >= 11 is 1.48. The van der Waals surface area contributed by atoms with Crippen LogP contribution in [0, 0.1) is 11.6 Å². The Kier molecular flexibility index (Phi) is 4.93. The first-order valence-corrected chi connectivity index (χ1v) is 6.22. The summed E-state index contributed by atoms with van der Waals surface area (Å²) in [5.74, 6) is -0.872. The van der Waals surface area contributed by atoms with E-state index in [0.29, 0.717) is 0 Å². The van der Waals surface area contributed by atoms with Gasteiger partial charge in [0.25, 0.3) is 0 Å². The third-order valence-corrected chi connectivity index (χ3v) is 3.50. The number of carbonyl (C=O) groups is 1. The van der Waals surface area contributed by atoms with Crippen LogP contribution in [0.25, 0.3) is 0 Å². The van der Waals surface area contributed by atoms with Crippen molar-refractivity contribution >= 4 is 17.5 Å². The second-order valence-corrected chi connectivity index (χ2v) is 4.95. The largest absolute Gasteiger partial charge is 0.293 e. The number of Topliss-reactive ketones (excluding diaryl/α,β-unsaturated/α-hetero) is 1. The third kappa shape index (κ3) is 3.30. The summed E-state index contributed by atoms with van der Waals surface area (Å²) in [4.78, 5) is 11.8. The molecule has 0 spiro atoms. The van der Waals surface area contributed by atoms with Crippen LogP contribution in [0.3, 0.4) is 0 Å². The van der Waals surface area contributed by atoms with Crippen molar-refractivity contribution in [1.82, 2.24) is 0 Å². The summed E-state index contributed by atoms with van der Waals surface area (Å²) in [6, 6.07) is 3.05. The third-order valence-electron chi connectivity index (χ3n) is 2.14. The van der Waals surface area contributed by atoms with Gasteiger partial charge in [-0.3, -0.25) is 4.79 Å². The van der Waals surface area contributed by atoms with Gasteiger partial charge in [-0.25, -0.2) is 8.78 Å². The lowest BCUT2D eigenvalue weighted by molar-refractivity contribution is 0.0990. The number of carbonyl (C=O) groups excluding carboxylic acids is 1. The molecule has 0 bridgehead atoms. The van der Waals surface area contributed by atoms with Gasteiger partial charge < -0.3 is 0 Å². The molecule has 88 valence electrons. The fourth-order valence-corrected chi connectivity index (χ4v) is 2.15. The standard InChI is InChI=1S/C12H14F2OS/c1-3-6-16-8(2)12(15)10-5-4-9(13)7-11(10)14/h4-5,7-8H,3,6H2,1-2H3. The number of halogens is 2. The average molecular weight is 244 g/mol. The van der Waals surface area contributed by atoms with Gasteiger partial charge in [-0.2, -0.15) is 11.8 Å². The molecular weight excluding hydrogens is 230 g/mol. The summed E-state index contributed by atoms with van der Waals surface area (Å²) in [7, 11) is 0. The fourth-order valence-electron chi connectivity index (χ4n) is 1.28. The van der Waals surface area contributed by atoms with Crippen molar-refractivity contribution in [3.63, 3.8) is 0 Å². The molecule has 0 heterocycles. The van der Waals surface area contributed by atoms with E-state index in [-0.39, 0.29) is 16.6 Å². The van der Waals surface area contributed by atoms with Gasteiger partial charge in [0.1, 0.15) is 11.6 Å². The molecule has 0 aliphatic carbocycles. The molecule has 0 fully saturated rings. The van der Waals surface area contributed by atoms with Crippen LogP contribution in [0.15, 0.2) is 18.2 Å². The van der Waals surface area contributed by atoms with Crippen LogP contribution in [-0.2, 0) is 0 Å². The van der Waals surface area contributed by atoms with Crippen LogP contribution in [-0.4, -0.2) is 16.8 Å². The van der Waals surface area contributed by atoms with Crippen LogP contribution in [0.5, 0.6) is 0 Å². The predicted octanol–water partition coefficient (Wildman–Crippen LogP) is 3.68. The highest BCUT2D eigenvalue weighted by atomic mass is 32.2. The van der Waals surface area contributed by atoms with Crippen molar-refractivity contribution in [3.8, 4) is 0 Å². The van der Waals surface area contributed by atoms with Crippen molar-refractivity contribution < 1.29 is 13.6 Å². The molecule has 0 saturated carbocycles. The number of thioether (sulfide) groups is 1. The quantitative estimate of drug-likeness (QED) is 0.735. The van der Waals surface area contributed by atoms with Gasteiger partial charge in [-0.15, -0.1) is 0 Å². The zero-order valence-electron chi connectivity index (χ0n) is 9.30. The lowest BCUT2D eigenvalue weighted by Crippen LogP contribution is -2.15. The normalized spacial score (nSPS) is 12.5. The van der Waals surface area contributed by atoms with E-state index in [4.69, 9.17) is 0 Å². The Morgan fingerprint density at radius 2 is 2.12 bits per heavy atom. The van der Waals surface area contributed by atoms with Gasteiger partial charge in [0.05, 0.1) is 10.8 Å². The highest BCUT2D eigenvalue weighted by molar-refractivity contribution is 8.00. The summed E-state index contributed by atoms with van der Waals surface area (Å²) in [5.41, 5.74) is -0.0301. The molecule has 0 radical (unpaired) electrons. The van der Waals surface area contributed by atoms with Crippen LogP contribution >= 0.6 is 11.8 Å². The van der Waals surface area contributed by atoms with E-state index in [1.165, 1.54) is 17.8 Å². The molecule has 1 aromatic rings. The van der Waals surface area contributed by atoms with Crippen molar-refractivity contribution in [2.24, 2.45) is 0 Å². The molecule has 1 atom stereocenters. The minimum absolute atomic E-state index is 0.0301. The van der Waals surface area contributed by atoms with E-state index in [9.17, 15) is 13.6 Å². The minimum Gasteiger partial charge on any atom is -0.293 e. The van der Waals surface area contributed by atoms with Gasteiger partial charge in [-0.1, -0.05) is 6.92 Å². The summed E-state index contributed by atoms with van der Waals surface area (Å²) in [6.07, 6.45) is 0.966. The molecule has 0 aliphatic rings. The van der Waals surface area contributed by atoms with Crippen molar-refractivity contribution in [2.75, 3.05) is 5.75 Å². The first-order valence-electron chi connectivity index (χ1n) is 5.17. The van der Waals surface area contributed by atoms with E-state index in [1.54, 1.807) is 6.92 Å². The van der Waals surface area contributed by atoms with Gasteiger partial charge in [-0.05, 0) is 31.2 Å². The maximum atomic E-state index is 13.3. The Hall–Kier alpha value is -0.900. The molecule has 0 saturated heterocycles. The zero-order valence-corrected chi connectivity index (χ0v) is 10.1. The van der Waals surface area contributed by atoms with Gasteiger partial charge in [0.15, 0.2) is 5.78 Å². The Morgan fingerprint density at radius 1 is 1.44 bits per heavy atom. The molecule has 0 aliphatic heterocycles. The van der Waals surface area contributed by atoms with E-state index in [2.05, 4.69) is 0 Å². The number of ketones is 1. The minimum atomic E-state index is -0.783. The molecule has 4 heteroatoms. The van der Waals surface area contributed by atoms with E-state index in [1.807, 2.05) is 6.92 Å². The van der Waals surface area contributed by atoms with Gasteiger partial charge in [0.2, 0.25) is 0 Å². The molecule has 0 N–H and O–H groups in total. The van der Waals surface area contributed by atoms with Crippen molar-refractivity contribution in [1.29, 1.82) is 0 Å². The number of rotatable bonds is 5. The first kappa shape index (κ1) is 13.2. The first-order chi connectivity index (χ1) is 7.56. The zero-order chi connectivity index (χ0) is 12.1. The second kappa shape index (κ2) is 5.99. The fraction of sp³-hybridized carbons (Fsp3) is 0.417. The molecular formula is C12H14F2OS. The lowest BCUT2D eigenvalue weighted by Gasteiger charge is -2.10. The monoisotopic (exact) mass is 244 g/mol. The summed E-state index contributed by atoms with van der Waals surface area (Å²) < 4.78 is 26.0. The summed E-state index contributed by atoms with van der Waals surface area (Å²) in [5, 5.41) is -0.292. The Morgan fingerprint density at radius 3 is 2.69 bits per heavy atom. The number of hydrogen-bond acceptors (Lipinski definition) is 2. The van der Waals surface area contributed by atoms with E-state index >= 15 is 0 Å². The highest BCUT2D eigenvalue weighted by Gasteiger charge is 2.18. The topological polar surface area (TPSA) is 17.1 Å². The number of benzene rings is 1. The number of hydrogen-bond donors (Lipinski definition) is 0. The molecule has 1 rings (SSSR count).